The van der Waals surface area contributed by atoms with Crippen molar-refractivity contribution in [3.63, 3.8) is 0 Å². The fourth-order valence-corrected chi connectivity index (χ4v) is 1.80. The van der Waals surface area contributed by atoms with Gasteiger partial charge in [-0.05, 0) is 18.2 Å². The van der Waals surface area contributed by atoms with Crippen LogP contribution in [0.2, 0.25) is 0 Å². The molecule has 0 radical (unpaired) electrons. The van der Waals surface area contributed by atoms with Gasteiger partial charge in [0.05, 0.1) is 13.7 Å². The van der Waals surface area contributed by atoms with E-state index in [9.17, 15) is 18.8 Å². The van der Waals surface area contributed by atoms with Crippen molar-refractivity contribution in [1.29, 1.82) is 0 Å². The summed E-state index contributed by atoms with van der Waals surface area (Å²) in [4.78, 5) is 35.2. The summed E-state index contributed by atoms with van der Waals surface area (Å²) < 4.78 is 20.4. The molecule has 0 N–H and O–H groups in total. The highest BCUT2D eigenvalue weighted by atomic mass is 19.1. The smallest absolute Gasteiger partial charge is 0.316 e. The van der Waals surface area contributed by atoms with Gasteiger partial charge in [-0.2, -0.15) is 0 Å². The highest BCUT2D eigenvalue weighted by molar-refractivity contribution is 5.96. The minimum absolute atomic E-state index is 0.0253. The Labute approximate surface area is 119 Å². The Balaban J connectivity index is 2.31. The van der Waals surface area contributed by atoms with Crippen molar-refractivity contribution in [3.05, 3.63) is 62.7 Å². The molecular formula is C14H13FN2O4. The van der Waals surface area contributed by atoms with Crippen molar-refractivity contribution in [3.8, 4) is 5.75 Å². The van der Waals surface area contributed by atoms with Crippen molar-refractivity contribution < 1.29 is 13.9 Å². The molecule has 0 saturated heterocycles. The topological polar surface area (TPSA) is 70.3 Å². The van der Waals surface area contributed by atoms with Gasteiger partial charge in [-0.1, -0.05) is 0 Å². The standard InChI is InChI=1S/C14H13FN2O4/c1-16-5-6-17(14(20)13(16)19)8-11(18)9-3-4-12(21-2)10(15)7-9/h3-7H,8H2,1-2H3. The number of benzene rings is 1. The van der Waals surface area contributed by atoms with E-state index in [1.54, 1.807) is 0 Å². The molecule has 110 valence electrons. The molecular weight excluding hydrogens is 279 g/mol. The summed E-state index contributed by atoms with van der Waals surface area (Å²) in [5.74, 6) is -1.12. The van der Waals surface area contributed by atoms with Crippen LogP contribution in [0.15, 0.2) is 40.2 Å². The first-order chi connectivity index (χ1) is 9.93. The second kappa shape index (κ2) is 5.74. The van der Waals surface area contributed by atoms with Gasteiger partial charge in [-0.15, -0.1) is 0 Å². The highest BCUT2D eigenvalue weighted by Gasteiger charge is 2.12. The van der Waals surface area contributed by atoms with E-state index in [-0.39, 0.29) is 17.9 Å². The van der Waals surface area contributed by atoms with Crippen LogP contribution in [-0.4, -0.2) is 22.0 Å². The van der Waals surface area contributed by atoms with Crippen molar-refractivity contribution in [2.24, 2.45) is 7.05 Å². The van der Waals surface area contributed by atoms with Gasteiger partial charge in [-0.3, -0.25) is 14.4 Å². The maximum absolute atomic E-state index is 13.5. The second-order valence-electron chi connectivity index (χ2n) is 4.42. The third-order valence-electron chi connectivity index (χ3n) is 3.02. The number of halogens is 1. The van der Waals surface area contributed by atoms with Crippen LogP contribution in [0.5, 0.6) is 5.75 Å². The molecule has 0 fully saturated rings. The molecule has 0 unspecified atom stereocenters. The van der Waals surface area contributed by atoms with E-state index in [2.05, 4.69) is 0 Å². The van der Waals surface area contributed by atoms with Gasteiger partial charge in [-0.25, -0.2) is 4.39 Å². The summed E-state index contributed by atoms with van der Waals surface area (Å²) in [5, 5.41) is 0. The van der Waals surface area contributed by atoms with Crippen LogP contribution in [-0.2, 0) is 13.6 Å². The lowest BCUT2D eigenvalue weighted by atomic mass is 10.1. The van der Waals surface area contributed by atoms with Crippen molar-refractivity contribution in [2.45, 2.75) is 6.54 Å². The van der Waals surface area contributed by atoms with Gasteiger partial charge in [0.15, 0.2) is 17.3 Å². The zero-order valence-electron chi connectivity index (χ0n) is 11.5. The molecule has 1 aromatic carbocycles. The number of nitrogens with zero attached hydrogens (tertiary/aromatic N) is 2. The number of hydrogen-bond donors (Lipinski definition) is 0. The van der Waals surface area contributed by atoms with Crippen LogP contribution >= 0.6 is 0 Å². The number of carbonyl (C=O) groups excluding carboxylic acids is 1. The summed E-state index contributed by atoms with van der Waals surface area (Å²) >= 11 is 0. The number of rotatable bonds is 4. The van der Waals surface area contributed by atoms with E-state index >= 15 is 0 Å². The van der Waals surface area contributed by atoms with Crippen LogP contribution in [0.25, 0.3) is 0 Å². The second-order valence-corrected chi connectivity index (χ2v) is 4.42. The normalized spacial score (nSPS) is 10.4. The summed E-state index contributed by atoms with van der Waals surface area (Å²) in [6.45, 7) is -0.333. The number of Topliss-reactive ketones (excluding diaryl/α,β-unsaturated/α-hetero) is 1. The first kappa shape index (κ1) is 14.7. The van der Waals surface area contributed by atoms with Crippen molar-refractivity contribution in [2.75, 3.05) is 7.11 Å². The number of carbonyl (C=O) groups is 1. The van der Waals surface area contributed by atoms with E-state index < -0.39 is 22.7 Å². The first-order valence-corrected chi connectivity index (χ1v) is 6.07. The molecule has 0 aliphatic rings. The molecule has 0 amide bonds. The Morgan fingerprint density at radius 1 is 1.24 bits per heavy atom. The van der Waals surface area contributed by atoms with E-state index in [0.29, 0.717) is 0 Å². The molecule has 0 spiro atoms. The predicted octanol–water partition coefficient (Wildman–Crippen LogP) is 0.578. The van der Waals surface area contributed by atoms with Gasteiger partial charge in [0.25, 0.3) is 0 Å². The van der Waals surface area contributed by atoms with E-state index in [1.165, 1.54) is 38.7 Å². The molecule has 0 saturated carbocycles. The minimum atomic E-state index is -0.803. The van der Waals surface area contributed by atoms with Crippen molar-refractivity contribution in [1.82, 2.24) is 9.13 Å². The predicted molar refractivity (Wildman–Crippen MR) is 73.2 cm³/mol. The van der Waals surface area contributed by atoms with Crippen LogP contribution < -0.4 is 15.9 Å². The Morgan fingerprint density at radius 2 is 1.95 bits per heavy atom. The van der Waals surface area contributed by atoms with E-state index in [1.807, 2.05) is 0 Å². The quantitative estimate of drug-likeness (QED) is 0.610. The average molecular weight is 292 g/mol. The molecule has 0 bridgehead atoms. The third kappa shape index (κ3) is 2.91. The van der Waals surface area contributed by atoms with Crippen LogP contribution in [0.1, 0.15) is 10.4 Å². The lowest BCUT2D eigenvalue weighted by Gasteiger charge is -2.07. The summed E-state index contributed by atoms with van der Waals surface area (Å²) in [6.07, 6.45) is 2.72. The van der Waals surface area contributed by atoms with Gasteiger partial charge in [0.2, 0.25) is 0 Å². The first-order valence-electron chi connectivity index (χ1n) is 6.07. The Morgan fingerprint density at radius 3 is 2.57 bits per heavy atom. The Kier molecular flexibility index (Phi) is 4.02. The number of aromatic nitrogens is 2. The molecule has 2 rings (SSSR count). The largest absolute Gasteiger partial charge is 0.494 e. The molecule has 0 atom stereocenters. The Hall–Kier alpha value is -2.70. The maximum Gasteiger partial charge on any atom is 0.316 e. The van der Waals surface area contributed by atoms with Crippen LogP contribution in [0.4, 0.5) is 4.39 Å². The van der Waals surface area contributed by atoms with Crippen LogP contribution in [0, 0.1) is 5.82 Å². The zero-order valence-corrected chi connectivity index (χ0v) is 11.5. The number of aryl methyl sites for hydroxylation is 1. The monoisotopic (exact) mass is 292 g/mol. The van der Waals surface area contributed by atoms with Gasteiger partial charge < -0.3 is 13.9 Å². The molecule has 2 aromatic rings. The fourth-order valence-electron chi connectivity index (χ4n) is 1.80. The number of methoxy groups -OCH3 is 1. The van der Waals surface area contributed by atoms with Gasteiger partial charge in [0, 0.05) is 25.0 Å². The SMILES string of the molecule is COc1ccc(C(=O)Cn2ccn(C)c(=O)c2=O)cc1F. The molecule has 1 heterocycles. The van der Waals surface area contributed by atoms with E-state index in [0.717, 1.165) is 15.2 Å². The molecule has 21 heavy (non-hydrogen) atoms. The number of ether oxygens (including phenoxy) is 1. The molecule has 1 aromatic heterocycles. The summed E-state index contributed by atoms with van der Waals surface area (Å²) in [5.41, 5.74) is -1.44. The minimum Gasteiger partial charge on any atom is -0.494 e. The third-order valence-corrected chi connectivity index (χ3v) is 3.02. The highest BCUT2D eigenvalue weighted by Crippen LogP contribution is 2.18. The molecule has 7 heteroatoms. The molecule has 6 nitrogen and oxygen atoms in total. The summed E-state index contributed by atoms with van der Waals surface area (Å²) in [6, 6.07) is 3.76. The average Bonchev–Trinajstić information content (AvgIpc) is 2.47. The molecule has 0 aliphatic carbocycles. The number of hydrogen-bond acceptors (Lipinski definition) is 4. The van der Waals surface area contributed by atoms with Crippen molar-refractivity contribution >= 4 is 5.78 Å². The van der Waals surface area contributed by atoms with Gasteiger partial charge >= 0.3 is 11.1 Å². The summed E-state index contributed by atoms with van der Waals surface area (Å²) in [7, 11) is 2.76. The lowest BCUT2D eigenvalue weighted by molar-refractivity contribution is 0.0970. The Bertz CT molecular complexity index is 807. The van der Waals surface area contributed by atoms with Gasteiger partial charge in [0.1, 0.15) is 0 Å². The zero-order chi connectivity index (χ0) is 15.6. The van der Waals surface area contributed by atoms with E-state index in [4.69, 9.17) is 4.74 Å². The van der Waals surface area contributed by atoms with Crippen LogP contribution in [0.3, 0.4) is 0 Å². The molecule has 0 aliphatic heterocycles. The fraction of sp³-hybridized carbons (Fsp3) is 0.214. The number of ketones is 1. The maximum atomic E-state index is 13.5. The lowest BCUT2D eigenvalue weighted by Crippen LogP contribution is -2.40.